The van der Waals surface area contributed by atoms with Crippen LogP contribution < -0.4 is 5.32 Å². The Morgan fingerprint density at radius 3 is 2.95 bits per heavy atom. The van der Waals surface area contributed by atoms with Crippen molar-refractivity contribution in [2.24, 2.45) is 7.05 Å². The monoisotopic (exact) mass is 301 g/mol. The summed E-state index contributed by atoms with van der Waals surface area (Å²) in [5.41, 5.74) is 3.28. The van der Waals surface area contributed by atoms with Crippen molar-refractivity contribution in [2.75, 3.05) is 12.4 Å². The molecule has 0 aliphatic carbocycles. The number of rotatable bonds is 4. The summed E-state index contributed by atoms with van der Waals surface area (Å²) >= 11 is 0. The van der Waals surface area contributed by atoms with E-state index in [1.54, 1.807) is 16.9 Å². The number of aromatic nitrogens is 4. The molecule has 0 unspecified atom stereocenters. The van der Waals surface area contributed by atoms with Gasteiger partial charge in [0.05, 0.1) is 31.1 Å². The van der Waals surface area contributed by atoms with Crippen LogP contribution >= 0.6 is 0 Å². The largest absolute Gasteiger partial charge is 0.465 e. The van der Waals surface area contributed by atoms with Gasteiger partial charge in [-0.2, -0.15) is 10.1 Å². The standard InChI is InChI=1S/C14H15N5O3/c1-8-5-17-19(2)10(8)7-16-14-18-12-11(22-14)4-9(6-15-12)13(20)21-3/h4-6H,7H2,1-3H3,(H,15,16,18). The fourth-order valence-corrected chi connectivity index (χ4v) is 2.11. The molecule has 3 aromatic heterocycles. The molecule has 8 nitrogen and oxygen atoms in total. The van der Waals surface area contributed by atoms with Crippen molar-refractivity contribution < 1.29 is 13.9 Å². The molecule has 0 radical (unpaired) electrons. The summed E-state index contributed by atoms with van der Waals surface area (Å²) in [5.74, 6) is -0.467. The first-order valence-corrected chi connectivity index (χ1v) is 6.64. The van der Waals surface area contributed by atoms with E-state index in [4.69, 9.17) is 4.42 Å². The number of esters is 1. The van der Waals surface area contributed by atoms with Crippen LogP contribution in [0.2, 0.25) is 0 Å². The molecule has 3 heterocycles. The molecule has 1 N–H and O–H groups in total. The molecule has 0 fully saturated rings. The number of pyridine rings is 1. The van der Waals surface area contributed by atoms with Gasteiger partial charge in [-0.15, -0.1) is 0 Å². The minimum Gasteiger partial charge on any atom is -0.465 e. The van der Waals surface area contributed by atoms with Gasteiger partial charge in [-0.1, -0.05) is 0 Å². The normalized spacial score (nSPS) is 10.9. The van der Waals surface area contributed by atoms with E-state index in [2.05, 4.69) is 25.1 Å². The molecule has 0 bridgehead atoms. The highest BCUT2D eigenvalue weighted by molar-refractivity contribution is 5.91. The Kier molecular flexibility index (Phi) is 3.50. The fraction of sp³-hybridized carbons (Fsp3) is 0.286. The smallest absolute Gasteiger partial charge is 0.339 e. The highest BCUT2D eigenvalue weighted by atomic mass is 16.5. The minimum absolute atomic E-state index is 0.320. The topological polar surface area (TPSA) is 95.1 Å². The number of anilines is 1. The molecule has 0 spiro atoms. The van der Waals surface area contributed by atoms with Crippen molar-refractivity contribution in [3.8, 4) is 0 Å². The number of carbonyl (C=O) groups is 1. The summed E-state index contributed by atoms with van der Waals surface area (Å²) in [6.45, 7) is 2.51. The zero-order chi connectivity index (χ0) is 15.7. The van der Waals surface area contributed by atoms with Crippen molar-refractivity contribution in [1.29, 1.82) is 0 Å². The Morgan fingerprint density at radius 1 is 1.45 bits per heavy atom. The number of nitrogens with one attached hydrogen (secondary N) is 1. The van der Waals surface area contributed by atoms with E-state index in [1.807, 2.05) is 14.0 Å². The van der Waals surface area contributed by atoms with Crippen molar-refractivity contribution in [2.45, 2.75) is 13.5 Å². The third-order valence-electron chi connectivity index (χ3n) is 3.35. The molecule has 114 valence electrons. The van der Waals surface area contributed by atoms with Crippen LogP contribution in [0, 0.1) is 6.92 Å². The summed E-state index contributed by atoms with van der Waals surface area (Å²) in [4.78, 5) is 19.8. The van der Waals surface area contributed by atoms with Crippen LogP contribution in [0.15, 0.2) is 22.9 Å². The molecule has 0 saturated carbocycles. The van der Waals surface area contributed by atoms with Gasteiger partial charge in [0.15, 0.2) is 5.58 Å². The van der Waals surface area contributed by atoms with Gasteiger partial charge >= 0.3 is 5.97 Å². The first-order valence-electron chi connectivity index (χ1n) is 6.64. The molecule has 3 rings (SSSR count). The van der Waals surface area contributed by atoms with E-state index < -0.39 is 5.97 Å². The van der Waals surface area contributed by atoms with Crippen LogP contribution in [0.4, 0.5) is 6.01 Å². The minimum atomic E-state index is -0.467. The summed E-state index contributed by atoms with van der Waals surface area (Å²) in [7, 11) is 3.19. The lowest BCUT2D eigenvalue weighted by Crippen LogP contribution is -2.06. The zero-order valence-corrected chi connectivity index (χ0v) is 12.5. The van der Waals surface area contributed by atoms with Crippen LogP contribution in [0.25, 0.3) is 11.2 Å². The molecular formula is C14H15N5O3. The van der Waals surface area contributed by atoms with Crippen LogP contribution in [-0.2, 0) is 18.3 Å². The second-order valence-corrected chi connectivity index (χ2v) is 4.81. The molecule has 0 amide bonds. The van der Waals surface area contributed by atoms with Crippen molar-refractivity contribution >= 4 is 23.2 Å². The molecule has 0 saturated heterocycles. The zero-order valence-electron chi connectivity index (χ0n) is 12.5. The van der Waals surface area contributed by atoms with E-state index in [0.717, 1.165) is 11.3 Å². The maximum absolute atomic E-state index is 11.5. The summed E-state index contributed by atoms with van der Waals surface area (Å²) in [6.07, 6.45) is 3.21. The van der Waals surface area contributed by atoms with Gasteiger partial charge in [0.2, 0.25) is 5.65 Å². The molecular weight excluding hydrogens is 286 g/mol. The predicted molar refractivity (Wildman–Crippen MR) is 78.4 cm³/mol. The Morgan fingerprint density at radius 2 is 2.27 bits per heavy atom. The summed E-state index contributed by atoms with van der Waals surface area (Å²) in [6, 6.07) is 1.90. The van der Waals surface area contributed by atoms with Gasteiger partial charge in [-0.3, -0.25) is 4.68 Å². The Hall–Kier alpha value is -2.90. The van der Waals surface area contributed by atoms with Crippen molar-refractivity contribution in [1.82, 2.24) is 19.7 Å². The van der Waals surface area contributed by atoms with Gasteiger partial charge in [-0.05, 0) is 12.5 Å². The van der Waals surface area contributed by atoms with Crippen LogP contribution in [0.3, 0.4) is 0 Å². The molecule has 22 heavy (non-hydrogen) atoms. The van der Waals surface area contributed by atoms with Gasteiger partial charge in [0, 0.05) is 19.3 Å². The van der Waals surface area contributed by atoms with Crippen LogP contribution in [0.1, 0.15) is 21.6 Å². The molecule has 3 aromatic rings. The summed E-state index contributed by atoms with van der Waals surface area (Å²) < 4.78 is 12.0. The van der Waals surface area contributed by atoms with E-state index in [0.29, 0.717) is 29.4 Å². The van der Waals surface area contributed by atoms with Gasteiger partial charge in [0.1, 0.15) is 0 Å². The first kappa shape index (κ1) is 14.1. The number of hydrogen-bond donors (Lipinski definition) is 1. The van der Waals surface area contributed by atoms with Gasteiger partial charge in [-0.25, -0.2) is 9.78 Å². The average Bonchev–Trinajstić information content (AvgIpc) is 3.07. The fourth-order valence-electron chi connectivity index (χ4n) is 2.11. The first-order chi connectivity index (χ1) is 10.6. The quantitative estimate of drug-likeness (QED) is 0.732. The number of fused-ring (bicyclic) bond motifs is 1. The molecule has 0 atom stereocenters. The number of ether oxygens (including phenoxy) is 1. The number of carbonyl (C=O) groups excluding carboxylic acids is 1. The Labute approximate surface area is 126 Å². The Bertz CT molecular complexity index is 817. The van der Waals surface area contributed by atoms with E-state index in [-0.39, 0.29) is 0 Å². The third kappa shape index (κ3) is 2.50. The maximum atomic E-state index is 11.5. The second-order valence-electron chi connectivity index (χ2n) is 4.81. The highest BCUT2D eigenvalue weighted by Gasteiger charge is 2.13. The van der Waals surface area contributed by atoms with E-state index in [1.165, 1.54) is 13.3 Å². The van der Waals surface area contributed by atoms with Crippen molar-refractivity contribution in [3.05, 3.63) is 35.3 Å². The van der Waals surface area contributed by atoms with Crippen LogP contribution in [0.5, 0.6) is 0 Å². The number of hydrogen-bond acceptors (Lipinski definition) is 7. The molecule has 0 aliphatic rings. The number of aryl methyl sites for hydroxylation is 2. The molecule has 0 aromatic carbocycles. The van der Waals surface area contributed by atoms with Crippen LogP contribution in [-0.4, -0.2) is 32.8 Å². The van der Waals surface area contributed by atoms with Gasteiger partial charge < -0.3 is 14.5 Å². The van der Waals surface area contributed by atoms with Crippen molar-refractivity contribution in [3.63, 3.8) is 0 Å². The highest BCUT2D eigenvalue weighted by Crippen LogP contribution is 2.19. The average molecular weight is 301 g/mol. The Balaban J connectivity index is 1.82. The summed E-state index contributed by atoms with van der Waals surface area (Å²) in [5, 5.41) is 7.26. The number of nitrogens with zero attached hydrogens (tertiary/aromatic N) is 4. The molecule has 0 aliphatic heterocycles. The SMILES string of the molecule is COC(=O)c1cnc2nc(NCc3c(C)cnn3C)oc2c1. The molecule has 8 heteroatoms. The number of oxazole rings is 1. The lowest BCUT2D eigenvalue weighted by atomic mass is 10.3. The third-order valence-corrected chi connectivity index (χ3v) is 3.35. The lowest BCUT2D eigenvalue weighted by molar-refractivity contribution is 0.0600. The maximum Gasteiger partial charge on any atom is 0.339 e. The van der Waals surface area contributed by atoms with E-state index in [9.17, 15) is 4.79 Å². The van der Waals surface area contributed by atoms with Gasteiger partial charge in [0.25, 0.3) is 6.01 Å². The second kappa shape index (κ2) is 5.47. The lowest BCUT2D eigenvalue weighted by Gasteiger charge is -2.03. The van der Waals surface area contributed by atoms with E-state index >= 15 is 0 Å². The number of methoxy groups -OCH3 is 1. The predicted octanol–water partition coefficient (Wildman–Crippen LogP) is 1.66.